The molecule has 0 atom stereocenters. The molecule has 0 bridgehead atoms. The molecule has 24 heavy (non-hydrogen) atoms. The lowest BCUT2D eigenvalue weighted by molar-refractivity contribution is -0.125. The number of benzene rings is 1. The third-order valence-corrected chi connectivity index (χ3v) is 4.97. The fourth-order valence-corrected chi connectivity index (χ4v) is 3.05. The Morgan fingerprint density at radius 2 is 1.79 bits per heavy atom. The fraction of sp³-hybridized carbons (Fsp3) is 0.500. The minimum absolute atomic E-state index is 0.101. The van der Waals surface area contributed by atoms with Crippen LogP contribution < -0.4 is 16.0 Å². The fourth-order valence-electron chi connectivity index (χ4n) is 3.05. The van der Waals surface area contributed by atoms with E-state index in [0.717, 1.165) is 5.56 Å². The Bertz CT molecular complexity index is 641. The summed E-state index contributed by atoms with van der Waals surface area (Å²) in [5, 5.41) is 2.91. The predicted molar refractivity (Wildman–Crippen MR) is 93.6 cm³/mol. The SMILES string of the molecule is CCC(CC)(CN)C(=O)Nc1ccc(N2C(=O)CCC2=O)c(C)c1. The zero-order chi connectivity index (χ0) is 17.9. The van der Waals surface area contributed by atoms with Crippen LogP contribution in [0.4, 0.5) is 11.4 Å². The van der Waals surface area contributed by atoms with Gasteiger partial charge in [-0.15, -0.1) is 0 Å². The summed E-state index contributed by atoms with van der Waals surface area (Å²) in [7, 11) is 0. The van der Waals surface area contributed by atoms with E-state index in [1.807, 2.05) is 20.8 Å². The minimum Gasteiger partial charge on any atom is -0.329 e. The molecule has 2 rings (SSSR count). The number of nitrogens with two attached hydrogens (primary N) is 1. The number of carbonyl (C=O) groups excluding carboxylic acids is 3. The van der Waals surface area contributed by atoms with Gasteiger partial charge in [-0.2, -0.15) is 0 Å². The molecule has 0 saturated carbocycles. The summed E-state index contributed by atoms with van der Waals surface area (Å²) >= 11 is 0. The van der Waals surface area contributed by atoms with Gasteiger partial charge in [0, 0.05) is 25.1 Å². The average molecular weight is 331 g/mol. The van der Waals surface area contributed by atoms with Crippen molar-refractivity contribution < 1.29 is 14.4 Å². The maximum Gasteiger partial charge on any atom is 0.234 e. The lowest BCUT2D eigenvalue weighted by atomic mass is 9.81. The van der Waals surface area contributed by atoms with Gasteiger partial charge in [-0.1, -0.05) is 13.8 Å². The second-order valence-electron chi connectivity index (χ2n) is 6.27. The van der Waals surface area contributed by atoms with Crippen molar-refractivity contribution in [1.82, 2.24) is 0 Å². The van der Waals surface area contributed by atoms with E-state index in [1.165, 1.54) is 4.90 Å². The Kier molecular flexibility index (Phi) is 5.39. The van der Waals surface area contributed by atoms with Crippen LogP contribution in [-0.4, -0.2) is 24.3 Å². The molecule has 0 unspecified atom stereocenters. The maximum atomic E-state index is 12.6. The van der Waals surface area contributed by atoms with Crippen LogP contribution in [0.5, 0.6) is 0 Å². The summed E-state index contributed by atoms with van der Waals surface area (Å²) in [6, 6.07) is 5.19. The van der Waals surface area contributed by atoms with Crippen molar-refractivity contribution >= 4 is 29.1 Å². The van der Waals surface area contributed by atoms with E-state index in [4.69, 9.17) is 5.73 Å². The van der Waals surface area contributed by atoms with Gasteiger partial charge >= 0.3 is 0 Å². The first-order valence-electron chi connectivity index (χ1n) is 8.36. The molecule has 0 aliphatic carbocycles. The van der Waals surface area contributed by atoms with Gasteiger partial charge in [0.1, 0.15) is 0 Å². The van der Waals surface area contributed by atoms with Crippen molar-refractivity contribution in [1.29, 1.82) is 0 Å². The molecule has 1 aromatic rings. The predicted octanol–water partition coefficient (Wildman–Crippen LogP) is 2.35. The number of imide groups is 1. The minimum atomic E-state index is -0.576. The molecule has 0 radical (unpaired) electrons. The zero-order valence-electron chi connectivity index (χ0n) is 14.5. The van der Waals surface area contributed by atoms with Crippen LogP contribution in [0, 0.1) is 12.3 Å². The van der Waals surface area contributed by atoms with Gasteiger partial charge in [0.15, 0.2) is 0 Å². The van der Waals surface area contributed by atoms with Gasteiger partial charge in [-0.25, -0.2) is 0 Å². The summed E-state index contributed by atoms with van der Waals surface area (Å²) < 4.78 is 0. The first-order chi connectivity index (χ1) is 11.4. The van der Waals surface area contributed by atoms with E-state index in [2.05, 4.69) is 5.32 Å². The van der Waals surface area contributed by atoms with E-state index in [9.17, 15) is 14.4 Å². The Morgan fingerprint density at radius 3 is 2.25 bits per heavy atom. The molecule has 1 heterocycles. The molecule has 3 amide bonds. The number of anilines is 2. The van der Waals surface area contributed by atoms with Crippen LogP contribution in [-0.2, 0) is 14.4 Å². The molecule has 3 N–H and O–H groups in total. The molecule has 1 aliphatic rings. The number of aryl methyl sites for hydroxylation is 1. The molecule has 0 spiro atoms. The summed E-state index contributed by atoms with van der Waals surface area (Å²) in [5.74, 6) is -0.464. The largest absolute Gasteiger partial charge is 0.329 e. The number of carbonyl (C=O) groups is 3. The first kappa shape index (κ1) is 18.1. The topological polar surface area (TPSA) is 92.5 Å². The third-order valence-electron chi connectivity index (χ3n) is 4.97. The molecular weight excluding hydrogens is 306 g/mol. The van der Waals surface area contributed by atoms with Crippen LogP contribution in [0.3, 0.4) is 0 Å². The molecule has 6 nitrogen and oxygen atoms in total. The second kappa shape index (κ2) is 7.13. The summed E-state index contributed by atoms with van der Waals surface area (Å²) in [5.41, 5.74) is 7.22. The molecule has 1 fully saturated rings. The summed E-state index contributed by atoms with van der Waals surface area (Å²) in [6.45, 7) is 6.02. The molecule has 6 heteroatoms. The van der Waals surface area contributed by atoms with Crippen molar-refractivity contribution in [3.8, 4) is 0 Å². The Hall–Kier alpha value is -2.21. The summed E-state index contributed by atoms with van der Waals surface area (Å²) in [6.07, 6.45) is 1.84. The number of amides is 3. The third kappa shape index (κ3) is 3.19. The lowest BCUT2D eigenvalue weighted by Crippen LogP contribution is -2.41. The number of hydrogen-bond donors (Lipinski definition) is 2. The van der Waals surface area contributed by atoms with Crippen LogP contribution in [0.2, 0.25) is 0 Å². The van der Waals surface area contributed by atoms with Crippen LogP contribution in [0.1, 0.15) is 45.1 Å². The van der Waals surface area contributed by atoms with Gasteiger partial charge < -0.3 is 11.1 Å². The Labute approximate surface area is 142 Å². The van der Waals surface area contributed by atoms with Gasteiger partial charge in [-0.05, 0) is 43.5 Å². The van der Waals surface area contributed by atoms with Crippen molar-refractivity contribution in [2.24, 2.45) is 11.1 Å². The number of hydrogen-bond acceptors (Lipinski definition) is 4. The normalized spacial score (nSPS) is 15.1. The molecule has 1 aromatic carbocycles. The molecule has 1 saturated heterocycles. The van der Waals surface area contributed by atoms with Crippen LogP contribution in [0.25, 0.3) is 0 Å². The Balaban J connectivity index is 2.23. The van der Waals surface area contributed by atoms with Crippen molar-refractivity contribution in [3.63, 3.8) is 0 Å². The quantitative estimate of drug-likeness (QED) is 0.783. The Morgan fingerprint density at radius 1 is 1.21 bits per heavy atom. The number of nitrogens with zero attached hydrogens (tertiary/aromatic N) is 1. The van der Waals surface area contributed by atoms with E-state index < -0.39 is 5.41 Å². The zero-order valence-corrected chi connectivity index (χ0v) is 14.5. The average Bonchev–Trinajstić information content (AvgIpc) is 2.89. The molecular formula is C18H25N3O3. The first-order valence-corrected chi connectivity index (χ1v) is 8.36. The summed E-state index contributed by atoms with van der Waals surface area (Å²) in [4.78, 5) is 37.5. The lowest BCUT2D eigenvalue weighted by Gasteiger charge is -2.28. The van der Waals surface area contributed by atoms with E-state index in [-0.39, 0.29) is 30.6 Å². The second-order valence-corrected chi connectivity index (χ2v) is 6.27. The molecule has 130 valence electrons. The highest BCUT2D eigenvalue weighted by Crippen LogP contribution is 2.30. The standard InChI is InChI=1S/C18H25N3O3/c1-4-18(5-2,11-19)17(24)20-13-6-7-14(12(3)10-13)21-15(22)8-9-16(21)23/h6-7,10H,4-5,8-9,11,19H2,1-3H3,(H,20,24). The molecule has 1 aliphatic heterocycles. The highest BCUT2D eigenvalue weighted by atomic mass is 16.2. The highest BCUT2D eigenvalue weighted by Gasteiger charge is 2.34. The smallest absolute Gasteiger partial charge is 0.234 e. The number of nitrogens with one attached hydrogen (secondary N) is 1. The molecule has 0 aromatic heterocycles. The monoisotopic (exact) mass is 331 g/mol. The number of rotatable bonds is 6. The van der Waals surface area contributed by atoms with Crippen molar-refractivity contribution in [2.45, 2.75) is 46.5 Å². The van der Waals surface area contributed by atoms with Crippen LogP contribution in [0.15, 0.2) is 18.2 Å². The van der Waals surface area contributed by atoms with Gasteiger partial charge in [-0.3, -0.25) is 19.3 Å². The van der Waals surface area contributed by atoms with Gasteiger partial charge in [0.05, 0.1) is 11.1 Å². The van der Waals surface area contributed by atoms with Gasteiger partial charge in [0.2, 0.25) is 17.7 Å². The highest BCUT2D eigenvalue weighted by molar-refractivity contribution is 6.20. The maximum absolute atomic E-state index is 12.6. The van der Waals surface area contributed by atoms with Gasteiger partial charge in [0.25, 0.3) is 0 Å². The van der Waals surface area contributed by atoms with E-state index in [1.54, 1.807) is 18.2 Å². The van der Waals surface area contributed by atoms with Crippen molar-refractivity contribution in [2.75, 3.05) is 16.8 Å². The van der Waals surface area contributed by atoms with E-state index >= 15 is 0 Å². The van der Waals surface area contributed by atoms with Crippen molar-refractivity contribution in [3.05, 3.63) is 23.8 Å². The van der Waals surface area contributed by atoms with Crippen LogP contribution >= 0.6 is 0 Å². The van der Waals surface area contributed by atoms with E-state index in [0.29, 0.717) is 30.8 Å².